The van der Waals surface area contributed by atoms with Crippen molar-refractivity contribution >= 4 is 21.6 Å². The topological polar surface area (TPSA) is 72.2 Å². The molecule has 0 heterocycles. The molecule has 1 aliphatic rings. The molecule has 3 N–H and O–H groups in total. The van der Waals surface area contributed by atoms with E-state index >= 15 is 0 Å². The Morgan fingerprint density at radius 3 is 2.67 bits per heavy atom. The van der Waals surface area contributed by atoms with E-state index in [1.54, 1.807) is 6.07 Å². The molecule has 0 aliphatic heterocycles. The van der Waals surface area contributed by atoms with Crippen molar-refractivity contribution in [3.63, 3.8) is 0 Å². The Morgan fingerprint density at radius 1 is 1.50 bits per heavy atom. The van der Waals surface area contributed by atoms with Gasteiger partial charge in [-0.1, -0.05) is 17.7 Å². The SMILES string of the molecule is CC(NS(=O)(=O)c1ccc(CN)c(Cl)c1)C1CC1. The fourth-order valence-electron chi connectivity index (χ4n) is 1.87. The lowest BCUT2D eigenvalue weighted by Gasteiger charge is -2.14. The lowest BCUT2D eigenvalue weighted by atomic mass is 10.2. The minimum Gasteiger partial charge on any atom is -0.326 e. The standard InChI is InChI=1S/C12H17ClN2O2S/c1-8(9-2-3-9)15-18(16,17)11-5-4-10(7-14)12(13)6-11/h4-6,8-9,15H,2-3,7,14H2,1H3. The summed E-state index contributed by atoms with van der Waals surface area (Å²) in [7, 11) is -3.49. The molecule has 0 amide bonds. The Bertz CT molecular complexity index is 541. The summed E-state index contributed by atoms with van der Waals surface area (Å²) in [5.41, 5.74) is 6.23. The first-order chi connectivity index (χ1) is 8.44. The van der Waals surface area contributed by atoms with Gasteiger partial charge in [0, 0.05) is 17.6 Å². The van der Waals surface area contributed by atoms with Gasteiger partial charge >= 0.3 is 0 Å². The molecule has 0 spiro atoms. The van der Waals surface area contributed by atoms with Crippen molar-refractivity contribution in [1.82, 2.24) is 4.72 Å². The predicted octanol–water partition coefficient (Wildman–Crippen LogP) is 1.88. The van der Waals surface area contributed by atoms with Gasteiger partial charge in [-0.3, -0.25) is 0 Å². The van der Waals surface area contributed by atoms with Crippen LogP contribution in [0.25, 0.3) is 0 Å². The normalized spacial score (nSPS) is 17.7. The van der Waals surface area contributed by atoms with E-state index in [0.717, 1.165) is 18.4 Å². The Hall–Kier alpha value is -0.620. The number of nitrogens with two attached hydrogens (primary N) is 1. The van der Waals surface area contributed by atoms with Crippen LogP contribution in [0.4, 0.5) is 0 Å². The van der Waals surface area contributed by atoms with E-state index in [9.17, 15) is 8.42 Å². The van der Waals surface area contributed by atoms with Crippen LogP contribution < -0.4 is 10.5 Å². The van der Waals surface area contributed by atoms with E-state index in [0.29, 0.717) is 17.5 Å². The summed E-state index contributed by atoms with van der Waals surface area (Å²) in [4.78, 5) is 0.192. The molecule has 1 aliphatic carbocycles. The van der Waals surface area contributed by atoms with Gasteiger partial charge in [-0.25, -0.2) is 13.1 Å². The van der Waals surface area contributed by atoms with Gasteiger partial charge in [0.15, 0.2) is 0 Å². The average Bonchev–Trinajstić information content (AvgIpc) is 3.12. The third-order valence-electron chi connectivity index (χ3n) is 3.22. The van der Waals surface area contributed by atoms with Gasteiger partial charge in [0.1, 0.15) is 0 Å². The first-order valence-corrected chi connectivity index (χ1v) is 7.81. The first kappa shape index (κ1) is 13.8. The number of nitrogens with one attached hydrogen (secondary N) is 1. The maximum absolute atomic E-state index is 12.1. The summed E-state index contributed by atoms with van der Waals surface area (Å²) in [6, 6.07) is 4.61. The van der Waals surface area contributed by atoms with Crippen LogP contribution in [0.2, 0.25) is 5.02 Å². The molecule has 1 aromatic carbocycles. The van der Waals surface area contributed by atoms with Crippen molar-refractivity contribution in [3.05, 3.63) is 28.8 Å². The highest BCUT2D eigenvalue weighted by Gasteiger charge is 2.31. The second-order valence-corrected chi connectivity index (χ2v) is 6.83. The van der Waals surface area contributed by atoms with Gasteiger partial charge < -0.3 is 5.73 Å². The number of hydrogen-bond acceptors (Lipinski definition) is 3. The zero-order chi connectivity index (χ0) is 13.3. The molecule has 0 aromatic heterocycles. The fraction of sp³-hybridized carbons (Fsp3) is 0.500. The molecule has 0 saturated heterocycles. The molecule has 1 unspecified atom stereocenters. The highest BCUT2D eigenvalue weighted by Crippen LogP contribution is 2.33. The van der Waals surface area contributed by atoms with Gasteiger partial charge in [0.2, 0.25) is 10.0 Å². The van der Waals surface area contributed by atoms with Crippen LogP contribution in [-0.2, 0) is 16.6 Å². The third kappa shape index (κ3) is 3.03. The van der Waals surface area contributed by atoms with E-state index in [1.807, 2.05) is 6.92 Å². The average molecular weight is 289 g/mol. The maximum atomic E-state index is 12.1. The molecular formula is C12H17ClN2O2S. The molecule has 0 bridgehead atoms. The van der Waals surface area contributed by atoms with Crippen LogP contribution in [0.3, 0.4) is 0 Å². The number of hydrogen-bond donors (Lipinski definition) is 2. The van der Waals surface area contributed by atoms with Gasteiger partial charge in [0.05, 0.1) is 4.90 Å². The molecular weight excluding hydrogens is 272 g/mol. The molecule has 1 aromatic rings. The summed E-state index contributed by atoms with van der Waals surface area (Å²) in [5.74, 6) is 0.471. The van der Waals surface area contributed by atoms with Crippen LogP contribution in [0.15, 0.2) is 23.1 Å². The second-order valence-electron chi connectivity index (χ2n) is 4.70. The molecule has 1 fully saturated rings. The maximum Gasteiger partial charge on any atom is 0.240 e. The number of benzene rings is 1. The summed E-state index contributed by atoms with van der Waals surface area (Å²) >= 11 is 5.97. The lowest BCUT2D eigenvalue weighted by molar-refractivity contribution is 0.538. The molecule has 100 valence electrons. The van der Waals surface area contributed by atoms with Crippen molar-refractivity contribution in [1.29, 1.82) is 0 Å². The second kappa shape index (κ2) is 5.17. The highest BCUT2D eigenvalue weighted by atomic mass is 35.5. The van der Waals surface area contributed by atoms with Crippen LogP contribution in [0.1, 0.15) is 25.3 Å². The zero-order valence-electron chi connectivity index (χ0n) is 10.2. The molecule has 0 radical (unpaired) electrons. The van der Waals surface area contributed by atoms with E-state index in [1.165, 1.54) is 12.1 Å². The smallest absolute Gasteiger partial charge is 0.240 e. The Balaban J connectivity index is 2.20. The largest absolute Gasteiger partial charge is 0.326 e. The Kier molecular flexibility index (Phi) is 3.96. The number of rotatable bonds is 5. The lowest BCUT2D eigenvalue weighted by Crippen LogP contribution is -2.34. The monoisotopic (exact) mass is 288 g/mol. The Morgan fingerprint density at radius 2 is 2.17 bits per heavy atom. The highest BCUT2D eigenvalue weighted by molar-refractivity contribution is 7.89. The molecule has 4 nitrogen and oxygen atoms in total. The summed E-state index contributed by atoms with van der Waals surface area (Å²) in [5, 5.41) is 0.388. The molecule has 18 heavy (non-hydrogen) atoms. The van der Waals surface area contributed by atoms with Gasteiger partial charge in [-0.2, -0.15) is 0 Å². The van der Waals surface area contributed by atoms with Gasteiger partial charge in [-0.05, 0) is 43.4 Å². The Labute approximate surface area is 113 Å². The minimum atomic E-state index is -3.49. The first-order valence-electron chi connectivity index (χ1n) is 5.95. The number of sulfonamides is 1. The molecule has 2 rings (SSSR count). The van der Waals surface area contributed by atoms with Crippen molar-refractivity contribution in [3.8, 4) is 0 Å². The van der Waals surface area contributed by atoms with Crippen LogP contribution in [0.5, 0.6) is 0 Å². The van der Waals surface area contributed by atoms with Crippen LogP contribution in [-0.4, -0.2) is 14.5 Å². The summed E-state index contributed by atoms with van der Waals surface area (Å²) in [6.07, 6.45) is 2.19. The summed E-state index contributed by atoms with van der Waals surface area (Å²) in [6.45, 7) is 2.19. The van der Waals surface area contributed by atoms with E-state index in [4.69, 9.17) is 17.3 Å². The minimum absolute atomic E-state index is 0.0250. The van der Waals surface area contributed by atoms with Crippen molar-refractivity contribution < 1.29 is 8.42 Å². The molecule has 6 heteroatoms. The zero-order valence-corrected chi connectivity index (χ0v) is 11.8. The van der Waals surface area contributed by atoms with Gasteiger partial charge in [-0.15, -0.1) is 0 Å². The van der Waals surface area contributed by atoms with Crippen LogP contribution in [0, 0.1) is 5.92 Å². The van der Waals surface area contributed by atoms with Crippen molar-refractivity contribution in [2.45, 2.75) is 37.2 Å². The number of halogens is 1. The summed E-state index contributed by atoms with van der Waals surface area (Å²) < 4.78 is 26.9. The van der Waals surface area contributed by atoms with Crippen molar-refractivity contribution in [2.75, 3.05) is 0 Å². The van der Waals surface area contributed by atoms with Crippen molar-refractivity contribution in [2.24, 2.45) is 11.7 Å². The third-order valence-corrected chi connectivity index (χ3v) is 5.13. The predicted molar refractivity (Wildman–Crippen MR) is 71.9 cm³/mol. The van der Waals surface area contributed by atoms with E-state index in [-0.39, 0.29) is 10.9 Å². The molecule has 1 saturated carbocycles. The van der Waals surface area contributed by atoms with E-state index in [2.05, 4.69) is 4.72 Å². The van der Waals surface area contributed by atoms with E-state index < -0.39 is 10.0 Å². The van der Waals surface area contributed by atoms with Gasteiger partial charge in [0.25, 0.3) is 0 Å². The quantitative estimate of drug-likeness (QED) is 0.869. The van der Waals surface area contributed by atoms with Crippen LogP contribution >= 0.6 is 11.6 Å². The fourth-order valence-corrected chi connectivity index (χ4v) is 3.53. The molecule has 1 atom stereocenters.